The van der Waals surface area contributed by atoms with Gasteiger partial charge in [-0.3, -0.25) is 0 Å². The maximum absolute atomic E-state index is 14.4. The Labute approximate surface area is 176 Å². The van der Waals surface area contributed by atoms with Crippen molar-refractivity contribution in [3.8, 4) is 39.5 Å². The minimum Gasteiger partial charge on any atom is -0.494 e. The Bertz CT molecular complexity index is 1140. The topological polar surface area (TPSA) is 18.5 Å². The molecule has 0 heterocycles. The van der Waals surface area contributed by atoms with Crippen LogP contribution < -0.4 is 9.47 Å². The second kappa shape index (κ2) is 8.83. The molecule has 0 unspecified atom stereocenters. The number of rotatable bonds is 6. The van der Waals surface area contributed by atoms with E-state index in [0.29, 0.717) is 12.4 Å². The van der Waals surface area contributed by atoms with Crippen molar-refractivity contribution >= 4 is 0 Å². The molecule has 4 aromatic carbocycles. The Morgan fingerprint density at radius 1 is 0.700 bits per heavy atom. The molecule has 150 valence electrons. The first-order chi connectivity index (χ1) is 14.6. The molecule has 4 aromatic rings. The van der Waals surface area contributed by atoms with E-state index in [0.717, 1.165) is 33.6 Å². The van der Waals surface area contributed by atoms with Crippen LogP contribution in [0.3, 0.4) is 0 Å². The SMILES string of the molecule is CCOc1ccc(-c2cc(C)ccc2-c2ccc(F)c(Oc3ccccc3)c2)cc1. The number of hydrogen-bond donors (Lipinski definition) is 0. The maximum atomic E-state index is 14.4. The van der Waals surface area contributed by atoms with Gasteiger partial charge in [0.2, 0.25) is 0 Å². The molecule has 0 aliphatic carbocycles. The summed E-state index contributed by atoms with van der Waals surface area (Å²) in [5, 5.41) is 0. The largest absolute Gasteiger partial charge is 0.494 e. The zero-order valence-electron chi connectivity index (χ0n) is 17.1. The van der Waals surface area contributed by atoms with Gasteiger partial charge in [0.25, 0.3) is 0 Å². The lowest BCUT2D eigenvalue weighted by molar-refractivity contribution is 0.340. The van der Waals surface area contributed by atoms with Gasteiger partial charge < -0.3 is 9.47 Å². The molecule has 3 heteroatoms. The molecule has 4 rings (SSSR count). The van der Waals surface area contributed by atoms with Gasteiger partial charge in [0.1, 0.15) is 11.5 Å². The zero-order chi connectivity index (χ0) is 20.9. The first kappa shape index (κ1) is 19.7. The molecule has 0 radical (unpaired) electrons. The first-order valence-corrected chi connectivity index (χ1v) is 10.0. The van der Waals surface area contributed by atoms with E-state index < -0.39 is 5.82 Å². The van der Waals surface area contributed by atoms with Crippen molar-refractivity contribution in [1.82, 2.24) is 0 Å². The fraction of sp³-hybridized carbons (Fsp3) is 0.111. The van der Waals surface area contributed by atoms with Crippen molar-refractivity contribution in [3.63, 3.8) is 0 Å². The van der Waals surface area contributed by atoms with Gasteiger partial charge in [-0.25, -0.2) is 4.39 Å². The van der Waals surface area contributed by atoms with Crippen molar-refractivity contribution in [2.24, 2.45) is 0 Å². The molecule has 0 N–H and O–H groups in total. The number of ether oxygens (including phenoxy) is 2. The molecule has 30 heavy (non-hydrogen) atoms. The normalized spacial score (nSPS) is 10.6. The van der Waals surface area contributed by atoms with Gasteiger partial charge in [0.05, 0.1) is 6.61 Å². The summed E-state index contributed by atoms with van der Waals surface area (Å²) in [6.07, 6.45) is 0. The third-order valence-electron chi connectivity index (χ3n) is 4.86. The Morgan fingerprint density at radius 3 is 2.17 bits per heavy atom. The molecule has 0 aliphatic heterocycles. The van der Waals surface area contributed by atoms with E-state index in [2.05, 4.69) is 25.1 Å². The average molecular weight is 398 g/mol. The van der Waals surface area contributed by atoms with Crippen molar-refractivity contribution in [2.75, 3.05) is 6.61 Å². The van der Waals surface area contributed by atoms with Gasteiger partial charge in [-0.1, -0.05) is 60.2 Å². The number of benzene rings is 4. The van der Waals surface area contributed by atoms with Crippen LogP contribution in [0.15, 0.2) is 91.0 Å². The number of hydrogen-bond acceptors (Lipinski definition) is 2. The van der Waals surface area contributed by atoms with Crippen molar-refractivity contribution < 1.29 is 13.9 Å². The quantitative estimate of drug-likeness (QED) is 0.332. The van der Waals surface area contributed by atoms with Crippen LogP contribution >= 0.6 is 0 Å². The Kier molecular flexibility index (Phi) is 5.80. The summed E-state index contributed by atoms with van der Waals surface area (Å²) in [4.78, 5) is 0. The van der Waals surface area contributed by atoms with E-state index in [-0.39, 0.29) is 5.75 Å². The predicted octanol–water partition coefficient (Wildman–Crippen LogP) is 7.66. The second-order valence-corrected chi connectivity index (χ2v) is 7.07. The van der Waals surface area contributed by atoms with Crippen LogP contribution in [0, 0.1) is 12.7 Å². The lowest BCUT2D eigenvalue weighted by atomic mass is 9.93. The highest BCUT2D eigenvalue weighted by Gasteiger charge is 2.12. The molecule has 0 amide bonds. The van der Waals surface area contributed by atoms with Gasteiger partial charge in [-0.2, -0.15) is 0 Å². The summed E-state index contributed by atoms with van der Waals surface area (Å²) in [6.45, 7) is 4.67. The molecule has 0 aliphatic rings. The third-order valence-corrected chi connectivity index (χ3v) is 4.86. The Balaban J connectivity index is 1.75. The lowest BCUT2D eigenvalue weighted by Gasteiger charge is -2.14. The van der Waals surface area contributed by atoms with Crippen LogP contribution in [0.4, 0.5) is 4.39 Å². The van der Waals surface area contributed by atoms with E-state index >= 15 is 0 Å². The molecule has 0 spiro atoms. The second-order valence-electron chi connectivity index (χ2n) is 7.07. The van der Waals surface area contributed by atoms with Gasteiger partial charge in [0, 0.05) is 0 Å². The molecule has 0 fully saturated rings. The van der Waals surface area contributed by atoms with E-state index in [9.17, 15) is 4.39 Å². The summed E-state index contributed by atoms with van der Waals surface area (Å²) in [7, 11) is 0. The summed E-state index contributed by atoms with van der Waals surface area (Å²) in [5.74, 6) is 1.26. The standard InChI is InChI=1S/C27H23FO2/c1-3-29-22-13-10-20(11-14-22)25-17-19(2)9-15-24(25)21-12-16-26(28)27(18-21)30-23-7-5-4-6-8-23/h4-18H,3H2,1-2H3. The molecular formula is C27H23FO2. The van der Waals surface area contributed by atoms with Crippen LogP contribution in [0.25, 0.3) is 22.3 Å². The lowest BCUT2D eigenvalue weighted by Crippen LogP contribution is -1.93. The summed E-state index contributed by atoms with van der Waals surface area (Å²) >= 11 is 0. The first-order valence-electron chi connectivity index (χ1n) is 10.0. The predicted molar refractivity (Wildman–Crippen MR) is 120 cm³/mol. The summed E-state index contributed by atoms with van der Waals surface area (Å²) in [6, 6.07) is 28.6. The molecule has 0 atom stereocenters. The summed E-state index contributed by atoms with van der Waals surface area (Å²) in [5.41, 5.74) is 5.22. The number of halogens is 1. The molecule has 0 bridgehead atoms. The van der Waals surface area contributed by atoms with Crippen molar-refractivity contribution in [2.45, 2.75) is 13.8 Å². The molecule has 0 aromatic heterocycles. The fourth-order valence-electron chi connectivity index (χ4n) is 3.41. The smallest absolute Gasteiger partial charge is 0.165 e. The number of aryl methyl sites for hydroxylation is 1. The highest BCUT2D eigenvalue weighted by Crippen LogP contribution is 2.36. The Hall–Kier alpha value is -3.59. The van der Waals surface area contributed by atoms with Crippen LogP contribution in [0.5, 0.6) is 17.2 Å². The molecule has 2 nitrogen and oxygen atoms in total. The van der Waals surface area contributed by atoms with E-state index in [1.165, 1.54) is 6.07 Å². The number of para-hydroxylation sites is 1. The van der Waals surface area contributed by atoms with E-state index in [4.69, 9.17) is 9.47 Å². The van der Waals surface area contributed by atoms with E-state index in [1.54, 1.807) is 12.1 Å². The minimum absolute atomic E-state index is 0.205. The van der Waals surface area contributed by atoms with Gasteiger partial charge in [-0.15, -0.1) is 0 Å². The van der Waals surface area contributed by atoms with Crippen molar-refractivity contribution in [3.05, 3.63) is 102 Å². The molecule has 0 saturated carbocycles. The van der Waals surface area contributed by atoms with Crippen LogP contribution in [-0.4, -0.2) is 6.61 Å². The third kappa shape index (κ3) is 4.36. The Morgan fingerprint density at radius 2 is 1.43 bits per heavy atom. The monoisotopic (exact) mass is 398 g/mol. The van der Waals surface area contributed by atoms with Gasteiger partial charge in [-0.05, 0) is 72.5 Å². The maximum Gasteiger partial charge on any atom is 0.165 e. The fourth-order valence-corrected chi connectivity index (χ4v) is 3.41. The molecular weight excluding hydrogens is 375 g/mol. The van der Waals surface area contributed by atoms with Gasteiger partial charge >= 0.3 is 0 Å². The van der Waals surface area contributed by atoms with Crippen LogP contribution in [0.1, 0.15) is 12.5 Å². The van der Waals surface area contributed by atoms with Crippen LogP contribution in [0.2, 0.25) is 0 Å². The van der Waals surface area contributed by atoms with Gasteiger partial charge in [0.15, 0.2) is 11.6 Å². The summed E-state index contributed by atoms with van der Waals surface area (Å²) < 4.78 is 25.8. The average Bonchev–Trinajstić information content (AvgIpc) is 2.77. The van der Waals surface area contributed by atoms with Crippen LogP contribution in [-0.2, 0) is 0 Å². The zero-order valence-corrected chi connectivity index (χ0v) is 17.1. The van der Waals surface area contributed by atoms with Crippen molar-refractivity contribution in [1.29, 1.82) is 0 Å². The van der Waals surface area contributed by atoms with E-state index in [1.807, 2.05) is 61.5 Å². The molecule has 0 saturated heterocycles. The minimum atomic E-state index is -0.391. The highest BCUT2D eigenvalue weighted by molar-refractivity contribution is 5.84. The highest BCUT2D eigenvalue weighted by atomic mass is 19.1.